The fourth-order valence-electron chi connectivity index (χ4n) is 2.66. The number of fused-ring (bicyclic) bond motifs is 1. The van der Waals surface area contributed by atoms with Gasteiger partial charge in [0.2, 0.25) is 5.91 Å². The van der Waals surface area contributed by atoms with E-state index in [4.69, 9.17) is 4.52 Å². The third kappa shape index (κ3) is 3.47. The molecule has 27 heavy (non-hydrogen) atoms. The first-order valence-corrected chi connectivity index (χ1v) is 8.34. The van der Waals surface area contributed by atoms with Crippen LogP contribution in [0.2, 0.25) is 0 Å². The molecule has 1 amide bonds. The normalized spacial score (nSPS) is 11.0. The number of aryl methyl sites for hydroxylation is 2. The summed E-state index contributed by atoms with van der Waals surface area (Å²) in [6.07, 6.45) is 3.40. The maximum atomic E-state index is 12.6. The van der Waals surface area contributed by atoms with Crippen LogP contribution in [0.4, 0.5) is 5.82 Å². The van der Waals surface area contributed by atoms with E-state index in [-0.39, 0.29) is 24.4 Å². The Morgan fingerprint density at radius 3 is 2.81 bits per heavy atom. The second-order valence-electron chi connectivity index (χ2n) is 6.01. The number of benzene rings is 1. The molecule has 9 heteroatoms. The molecule has 0 aliphatic heterocycles. The maximum absolute atomic E-state index is 12.6. The van der Waals surface area contributed by atoms with Gasteiger partial charge in [0.15, 0.2) is 11.3 Å². The molecule has 3 aromatic heterocycles. The minimum atomic E-state index is -0.340. The van der Waals surface area contributed by atoms with Gasteiger partial charge in [0.1, 0.15) is 5.76 Å². The monoisotopic (exact) mass is 364 g/mol. The zero-order valence-corrected chi connectivity index (χ0v) is 14.5. The van der Waals surface area contributed by atoms with Crippen LogP contribution in [-0.2, 0) is 11.3 Å². The molecule has 9 nitrogen and oxygen atoms in total. The SMILES string of the molecule is Cc1cc(NC(=O)CCn2ncc3cn(-c4ccccc4)nc3c2=O)no1. The van der Waals surface area contributed by atoms with Gasteiger partial charge in [0.25, 0.3) is 5.56 Å². The van der Waals surface area contributed by atoms with E-state index < -0.39 is 0 Å². The lowest BCUT2D eigenvalue weighted by Crippen LogP contribution is -2.25. The van der Waals surface area contributed by atoms with Crippen molar-refractivity contribution in [1.29, 1.82) is 0 Å². The first kappa shape index (κ1) is 16.7. The zero-order valence-electron chi connectivity index (χ0n) is 14.5. The predicted octanol–water partition coefficient (Wildman–Crippen LogP) is 1.91. The zero-order chi connectivity index (χ0) is 18.8. The summed E-state index contributed by atoms with van der Waals surface area (Å²) >= 11 is 0. The number of carbonyl (C=O) groups excluding carboxylic acids is 1. The highest BCUT2D eigenvalue weighted by atomic mass is 16.5. The predicted molar refractivity (Wildman–Crippen MR) is 97.6 cm³/mol. The minimum Gasteiger partial charge on any atom is -0.360 e. The van der Waals surface area contributed by atoms with Gasteiger partial charge in [-0.15, -0.1) is 0 Å². The summed E-state index contributed by atoms with van der Waals surface area (Å²) in [6, 6.07) is 11.1. The van der Waals surface area contributed by atoms with Gasteiger partial charge in [0, 0.05) is 24.1 Å². The first-order chi connectivity index (χ1) is 13.1. The molecule has 0 saturated carbocycles. The number of hydrogen-bond acceptors (Lipinski definition) is 6. The molecule has 136 valence electrons. The summed E-state index contributed by atoms with van der Waals surface area (Å²) in [5, 5.41) is 15.4. The van der Waals surface area contributed by atoms with Crippen molar-refractivity contribution in [3.05, 3.63) is 64.9 Å². The van der Waals surface area contributed by atoms with Crippen LogP contribution in [0.25, 0.3) is 16.6 Å². The number of nitrogens with one attached hydrogen (secondary N) is 1. The highest BCUT2D eigenvalue weighted by molar-refractivity contribution is 5.89. The van der Waals surface area contributed by atoms with E-state index >= 15 is 0 Å². The number of nitrogens with zero attached hydrogens (tertiary/aromatic N) is 5. The van der Waals surface area contributed by atoms with E-state index in [1.807, 2.05) is 30.3 Å². The molecular formula is C18H16N6O3. The van der Waals surface area contributed by atoms with E-state index in [0.29, 0.717) is 22.5 Å². The third-order valence-electron chi connectivity index (χ3n) is 3.98. The quantitative estimate of drug-likeness (QED) is 0.579. The molecule has 0 bridgehead atoms. The third-order valence-corrected chi connectivity index (χ3v) is 3.98. The topological polar surface area (TPSA) is 108 Å². The second kappa shape index (κ2) is 6.87. The highest BCUT2D eigenvalue weighted by Gasteiger charge is 2.12. The Kier molecular flexibility index (Phi) is 4.25. The Morgan fingerprint density at radius 1 is 1.26 bits per heavy atom. The Balaban J connectivity index is 1.51. The lowest BCUT2D eigenvalue weighted by atomic mass is 10.3. The van der Waals surface area contributed by atoms with Gasteiger partial charge in [-0.2, -0.15) is 10.2 Å². The molecule has 4 rings (SSSR count). The molecule has 0 aliphatic carbocycles. The molecule has 0 aliphatic rings. The van der Waals surface area contributed by atoms with Gasteiger partial charge in [0.05, 0.1) is 18.4 Å². The summed E-state index contributed by atoms with van der Waals surface area (Å²) in [4.78, 5) is 24.6. The molecule has 0 unspecified atom stereocenters. The molecule has 0 spiro atoms. The number of aromatic nitrogens is 5. The number of amides is 1. The molecule has 0 radical (unpaired) electrons. The lowest BCUT2D eigenvalue weighted by molar-refractivity contribution is -0.116. The Labute approximate surface area is 153 Å². The molecule has 0 fully saturated rings. The van der Waals surface area contributed by atoms with E-state index in [0.717, 1.165) is 5.69 Å². The maximum Gasteiger partial charge on any atom is 0.295 e. The van der Waals surface area contributed by atoms with Crippen molar-refractivity contribution in [2.24, 2.45) is 0 Å². The Bertz CT molecular complexity index is 1160. The number of rotatable bonds is 5. The van der Waals surface area contributed by atoms with Gasteiger partial charge in [-0.25, -0.2) is 9.36 Å². The van der Waals surface area contributed by atoms with Crippen molar-refractivity contribution in [1.82, 2.24) is 24.7 Å². The molecular weight excluding hydrogens is 348 g/mol. The van der Waals surface area contributed by atoms with Gasteiger partial charge in [-0.1, -0.05) is 23.4 Å². The van der Waals surface area contributed by atoms with Crippen molar-refractivity contribution < 1.29 is 9.32 Å². The summed E-state index contributed by atoms with van der Waals surface area (Å²) in [7, 11) is 0. The summed E-state index contributed by atoms with van der Waals surface area (Å²) in [5.41, 5.74) is 0.815. The number of carbonyl (C=O) groups is 1. The van der Waals surface area contributed by atoms with Crippen molar-refractivity contribution in [3.8, 4) is 5.69 Å². The van der Waals surface area contributed by atoms with Crippen LogP contribution >= 0.6 is 0 Å². The standard InChI is InChI=1S/C18H16N6O3/c1-12-9-15(22-27-12)20-16(25)7-8-23-18(26)17-13(10-19-23)11-24(21-17)14-5-3-2-4-6-14/h2-6,9-11H,7-8H2,1H3,(H,20,22,25). The highest BCUT2D eigenvalue weighted by Crippen LogP contribution is 2.12. The number of para-hydroxylation sites is 1. The van der Waals surface area contributed by atoms with Gasteiger partial charge in [-0.05, 0) is 19.1 Å². The Morgan fingerprint density at radius 2 is 2.07 bits per heavy atom. The van der Waals surface area contributed by atoms with Crippen LogP contribution in [0.5, 0.6) is 0 Å². The van der Waals surface area contributed by atoms with Crippen LogP contribution in [-0.4, -0.2) is 30.6 Å². The minimum absolute atomic E-state index is 0.0731. The second-order valence-corrected chi connectivity index (χ2v) is 6.01. The average Bonchev–Trinajstić information content (AvgIpc) is 3.28. The number of anilines is 1. The van der Waals surface area contributed by atoms with E-state index in [1.165, 1.54) is 4.68 Å². The van der Waals surface area contributed by atoms with E-state index in [2.05, 4.69) is 20.7 Å². The molecule has 4 aromatic rings. The summed E-state index contributed by atoms with van der Waals surface area (Å²) < 4.78 is 7.76. The molecule has 0 atom stereocenters. The van der Waals surface area contributed by atoms with Crippen molar-refractivity contribution in [2.45, 2.75) is 19.9 Å². The smallest absolute Gasteiger partial charge is 0.295 e. The molecule has 3 heterocycles. The van der Waals surface area contributed by atoms with Crippen LogP contribution in [0.1, 0.15) is 12.2 Å². The van der Waals surface area contributed by atoms with Crippen LogP contribution in [0.3, 0.4) is 0 Å². The van der Waals surface area contributed by atoms with E-state index in [1.54, 1.807) is 30.1 Å². The molecule has 1 aromatic carbocycles. The number of hydrogen-bond donors (Lipinski definition) is 1. The van der Waals surface area contributed by atoms with Crippen LogP contribution in [0, 0.1) is 6.92 Å². The van der Waals surface area contributed by atoms with Gasteiger partial charge >= 0.3 is 0 Å². The van der Waals surface area contributed by atoms with E-state index in [9.17, 15) is 9.59 Å². The largest absolute Gasteiger partial charge is 0.360 e. The molecule has 0 saturated heterocycles. The first-order valence-electron chi connectivity index (χ1n) is 8.34. The fourth-order valence-corrected chi connectivity index (χ4v) is 2.66. The van der Waals surface area contributed by atoms with Crippen molar-refractivity contribution in [3.63, 3.8) is 0 Å². The average molecular weight is 364 g/mol. The van der Waals surface area contributed by atoms with Crippen LogP contribution < -0.4 is 10.9 Å². The Hall–Kier alpha value is -3.75. The summed E-state index contributed by atoms with van der Waals surface area (Å²) in [6.45, 7) is 1.87. The van der Waals surface area contributed by atoms with Gasteiger partial charge in [-0.3, -0.25) is 9.59 Å². The fraction of sp³-hybridized carbons (Fsp3) is 0.167. The van der Waals surface area contributed by atoms with Crippen LogP contribution in [0.15, 0.2) is 58.1 Å². The lowest BCUT2D eigenvalue weighted by Gasteiger charge is -2.03. The van der Waals surface area contributed by atoms with Crippen molar-refractivity contribution in [2.75, 3.05) is 5.32 Å². The van der Waals surface area contributed by atoms with Crippen molar-refractivity contribution >= 4 is 22.6 Å². The van der Waals surface area contributed by atoms with Gasteiger partial charge < -0.3 is 9.84 Å². The molecule has 1 N–H and O–H groups in total. The summed E-state index contributed by atoms with van der Waals surface area (Å²) in [5.74, 6) is 0.657.